The van der Waals surface area contributed by atoms with Gasteiger partial charge in [0.05, 0.1) is 11.4 Å². The van der Waals surface area contributed by atoms with Crippen molar-refractivity contribution in [3.8, 4) is 0 Å². The second-order valence-electron chi connectivity index (χ2n) is 6.41. The summed E-state index contributed by atoms with van der Waals surface area (Å²) in [4.78, 5) is 12.2. The fourth-order valence-corrected chi connectivity index (χ4v) is 3.56. The van der Waals surface area contributed by atoms with Gasteiger partial charge in [0, 0.05) is 18.5 Å². The molecule has 0 radical (unpaired) electrons. The molecule has 1 amide bonds. The van der Waals surface area contributed by atoms with Gasteiger partial charge in [-0.05, 0) is 43.4 Å². The zero-order chi connectivity index (χ0) is 16.9. The number of amides is 1. The number of hydrogen-bond donors (Lipinski definition) is 2. The largest absolute Gasteiger partial charge is 0.376 e. The molecule has 0 unspecified atom stereocenters. The van der Waals surface area contributed by atoms with Crippen molar-refractivity contribution >= 4 is 21.4 Å². The molecule has 1 aliphatic rings. The van der Waals surface area contributed by atoms with Gasteiger partial charge in [-0.25, -0.2) is 8.42 Å². The number of nitrogens with one attached hydrogen (secondary N) is 2. The number of benzene rings is 1. The summed E-state index contributed by atoms with van der Waals surface area (Å²) in [5.41, 5.74) is 1.60. The van der Waals surface area contributed by atoms with Crippen LogP contribution in [0.2, 0.25) is 0 Å². The first kappa shape index (κ1) is 17.8. The number of carbonyl (C=O) groups excluding carboxylic acids is 1. The summed E-state index contributed by atoms with van der Waals surface area (Å²) >= 11 is 0. The molecule has 0 atom stereocenters. The van der Waals surface area contributed by atoms with Gasteiger partial charge in [-0.15, -0.1) is 0 Å². The predicted molar refractivity (Wildman–Crippen MR) is 92.4 cm³/mol. The summed E-state index contributed by atoms with van der Waals surface area (Å²) in [6, 6.07) is 4.91. The molecule has 1 aromatic rings. The van der Waals surface area contributed by atoms with Crippen LogP contribution in [0.3, 0.4) is 0 Å². The van der Waals surface area contributed by atoms with Crippen LogP contribution in [0.15, 0.2) is 23.1 Å². The Morgan fingerprint density at radius 1 is 1.22 bits per heavy atom. The molecule has 0 heterocycles. The van der Waals surface area contributed by atoms with E-state index in [1.54, 1.807) is 18.2 Å². The molecule has 1 saturated carbocycles. The van der Waals surface area contributed by atoms with E-state index in [4.69, 9.17) is 0 Å². The SMILES string of the molecule is Cc1ccc(S(C)(=O)=O)cc1NCC(=O)NCC1CCCCC1. The van der Waals surface area contributed by atoms with Crippen molar-refractivity contribution < 1.29 is 13.2 Å². The Morgan fingerprint density at radius 2 is 1.91 bits per heavy atom. The smallest absolute Gasteiger partial charge is 0.239 e. The van der Waals surface area contributed by atoms with E-state index in [0.717, 1.165) is 12.1 Å². The van der Waals surface area contributed by atoms with E-state index in [1.807, 2.05) is 6.92 Å². The first-order chi connectivity index (χ1) is 10.9. The Balaban J connectivity index is 1.86. The molecule has 0 spiro atoms. The number of carbonyl (C=O) groups is 1. The highest BCUT2D eigenvalue weighted by Crippen LogP contribution is 2.23. The molecule has 0 aliphatic heterocycles. The maximum absolute atomic E-state index is 12.0. The highest BCUT2D eigenvalue weighted by atomic mass is 32.2. The van der Waals surface area contributed by atoms with Crippen LogP contribution in [-0.2, 0) is 14.6 Å². The van der Waals surface area contributed by atoms with Crippen molar-refractivity contribution in [2.45, 2.75) is 43.9 Å². The van der Waals surface area contributed by atoms with Crippen LogP contribution in [0.4, 0.5) is 5.69 Å². The first-order valence-electron chi connectivity index (χ1n) is 8.17. The van der Waals surface area contributed by atoms with E-state index in [2.05, 4.69) is 10.6 Å². The van der Waals surface area contributed by atoms with E-state index in [9.17, 15) is 13.2 Å². The van der Waals surface area contributed by atoms with Crippen molar-refractivity contribution in [2.24, 2.45) is 5.92 Å². The van der Waals surface area contributed by atoms with Crippen molar-refractivity contribution in [1.29, 1.82) is 0 Å². The zero-order valence-corrected chi connectivity index (χ0v) is 14.7. The normalized spacial score (nSPS) is 16.1. The number of aryl methyl sites for hydroxylation is 1. The number of rotatable bonds is 6. The standard InChI is InChI=1S/C17H26N2O3S/c1-13-8-9-15(23(2,21)22)10-16(13)18-12-17(20)19-11-14-6-4-3-5-7-14/h8-10,14,18H,3-7,11-12H2,1-2H3,(H,19,20). The van der Waals surface area contributed by atoms with Gasteiger partial charge in [-0.1, -0.05) is 25.3 Å². The minimum absolute atomic E-state index is 0.0558. The second-order valence-corrected chi connectivity index (χ2v) is 8.43. The highest BCUT2D eigenvalue weighted by molar-refractivity contribution is 7.90. The Kier molecular flexibility index (Phi) is 6.04. The predicted octanol–water partition coefficient (Wildman–Crippen LogP) is 2.51. The summed E-state index contributed by atoms with van der Waals surface area (Å²) in [5, 5.41) is 6.00. The number of sulfone groups is 1. The average molecular weight is 338 g/mol. The van der Waals surface area contributed by atoms with E-state index in [-0.39, 0.29) is 17.3 Å². The third kappa shape index (κ3) is 5.53. The van der Waals surface area contributed by atoms with Crippen molar-refractivity contribution in [1.82, 2.24) is 5.32 Å². The molecule has 23 heavy (non-hydrogen) atoms. The molecule has 6 heteroatoms. The highest BCUT2D eigenvalue weighted by Gasteiger charge is 2.14. The summed E-state index contributed by atoms with van der Waals surface area (Å²) < 4.78 is 23.2. The third-order valence-electron chi connectivity index (χ3n) is 4.39. The minimum atomic E-state index is -3.25. The quantitative estimate of drug-likeness (QED) is 0.836. The van der Waals surface area contributed by atoms with Crippen molar-refractivity contribution in [2.75, 3.05) is 24.7 Å². The molecule has 5 nitrogen and oxygen atoms in total. The van der Waals surface area contributed by atoms with Crippen LogP contribution in [0.25, 0.3) is 0 Å². The lowest BCUT2D eigenvalue weighted by molar-refractivity contribution is -0.119. The lowest BCUT2D eigenvalue weighted by Gasteiger charge is -2.21. The van der Waals surface area contributed by atoms with Crippen LogP contribution in [0, 0.1) is 12.8 Å². The molecular formula is C17H26N2O3S. The summed E-state index contributed by atoms with van der Waals surface area (Å²) in [5.74, 6) is 0.544. The van der Waals surface area contributed by atoms with E-state index < -0.39 is 9.84 Å². The number of hydrogen-bond acceptors (Lipinski definition) is 4. The molecule has 0 aromatic heterocycles. The molecular weight excluding hydrogens is 312 g/mol. The maximum atomic E-state index is 12.0. The van der Waals surface area contributed by atoms with Crippen LogP contribution in [0.5, 0.6) is 0 Å². The van der Waals surface area contributed by atoms with Crippen LogP contribution in [0.1, 0.15) is 37.7 Å². The molecule has 1 fully saturated rings. The van der Waals surface area contributed by atoms with Gasteiger partial charge in [0.1, 0.15) is 0 Å². The summed E-state index contributed by atoms with van der Waals surface area (Å²) in [6.07, 6.45) is 7.40. The fourth-order valence-electron chi connectivity index (χ4n) is 2.91. The molecule has 1 aliphatic carbocycles. The molecule has 128 valence electrons. The lowest BCUT2D eigenvalue weighted by Crippen LogP contribution is -2.34. The van der Waals surface area contributed by atoms with Gasteiger partial charge in [0.15, 0.2) is 9.84 Å². The maximum Gasteiger partial charge on any atom is 0.239 e. The Bertz CT molecular complexity index is 650. The third-order valence-corrected chi connectivity index (χ3v) is 5.50. The average Bonchev–Trinajstić information content (AvgIpc) is 2.52. The number of anilines is 1. The lowest BCUT2D eigenvalue weighted by atomic mass is 9.89. The van der Waals surface area contributed by atoms with Gasteiger partial charge < -0.3 is 10.6 Å². The van der Waals surface area contributed by atoms with Crippen LogP contribution >= 0.6 is 0 Å². The van der Waals surface area contributed by atoms with Crippen molar-refractivity contribution in [3.63, 3.8) is 0 Å². The summed E-state index contributed by atoms with van der Waals surface area (Å²) in [6.45, 7) is 2.78. The van der Waals surface area contributed by atoms with Gasteiger partial charge in [0.2, 0.25) is 5.91 Å². The molecule has 0 bridgehead atoms. The van der Waals surface area contributed by atoms with E-state index in [0.29, 0.717) is 11.6 Å². The Morgan fingerprint density at radius 3 is 2.57 bits per heavy atom. The van der Waals surface area contributed by atoms with Crippen molar-refractivity contribution in [3.05, 3.63) is 23.8 Å². The van der Waals surface area contributed by atoms with Crippen LogP contribution in [-0.4, -0.2) is 33.7 Å². The molecule has 2 N–H and O–H groups in total. The first-order valence-corrected chi connectivity index (χ1v) is 10.1. The van der Waals surface area contributed by atoms with E-state index >= 15 is 0 Å². The minimum Gasteiger partial charge on any atom is -0.376 e. The fraction of sp³-hybridized carbons (Fsp3) is 0.588. The monoisotopic (exact) mass is 338 g/mol. The Labute approximate surface area is 138 Å². The zero-order valence-electron chi connectivity index (χ0n) is 13.9. The van der Waals surface area contributed by atoms with Crippen LogP contribution < -0.4 is 10.6 Å². The van der Waals surface area contributed by atoms with Gasteiger partial charge in [0.25, 0.3) is 0 Å². The van der Waals surface area contributed by atoms with Gasteiger partial charge in [-0.3, -0.25) is 4.79 Å². The van der Waals surface area contributed by atoms with Gasteiger partial charge >= 0.3 is 0 Å². The topological polar surface area (TPSA) is 75.3 Å². The molecule has 0 saturated heterocycles. The summed E-state index contributed by atoms with van der Waals surface area (Å²) in [7, 11) is -3.25. The molecule has 1 aromatic carbocycles. The second kappa shape index (κ2) is 7.81. The molecule has 2 rings (SSSR count). The Hall–Kier alpha value is -1.56. The van der Waals surface area contributed by atoms with E-state index in [1.165, 1.54) is 38.4 Å². The van der Waals surface area contributed by atoms with Gasteiger partial charge in [-0.2, -0.15) is 0 Å².